The Labute approximate surface area is 169 Å². The Hall–Kier alpha value is -3.10. The van der Waals surface area contributed by atoms with Gasteiger partial charge in [0.25, 0.3) is 0 Å². The molecule has 8 nitrogen and oxygen atoms in total. The van der Waals surface area contributed by atoms with Gasteiger partial charge in [-0.05, 0) is 30.7 Å². The Bertz CT molecular complexity index is 956. The first-order chi connectivity index (χ1) is 14.1. The summed E-state index contributed by atoms with van der Waals surface area (Å²) in [7, 11) is 3.40. The number of carbonyl (C=O) groups is 1. The summed E-state index contributed by atoms with van der Waals surface area (Å²) in [6.45, 7) is 0.860. The van der Waals surface area contributed by atoms with Gasteiger partial charge in [0.15, 0.2) is 11.5 Å². The highest BCUT2D eigenvalue weighted by atomic mass is 16.5. The van der Waals surface area contributed by atoms with E-state index in [0.717, 1.165) is 16.9 Å². The number of carbonyl (C=O) groups excluding carboxylic acids is 1. The van der Waals surface area contributed by atoms with Gasteiger partial charge in [0.1, 0.15) is 18.5 Å². The highest BCUT2D eigenvalue weighted by Crippen LogP contribution is 2.26. The van der Waals surface area contributed by atoms with Gasteiger partial charge in [0.2, 0.25) is 5.91 Å². The maximum absolute atomic E-state index is 12.8. The number of likely N-dealkylation sites (N-methyl/N-ethyl adjacent to an activating group) is 1. The summed E-state index contributed by atoms with van der Waals surface area (Å²) in [6.07, 6.45) is 0.637. The molecule has 8 heteroatoms. The van der Waals surface area contributed by atoms with Crippen LogP contribution in [-0.2, 0) is 11.3 Å². The van der Waals surface area contributed by atoms with Gasteiger partial charge in [-0.2, -0.15) is 0 Å². The summed E-state index contributed by atoms with van der Waals surface area (Å²) in [5, 5.41) is 0. The highest BCUT2D eigenvalue weighted by Gasteiger charge is 2.31. The van der Waals surface area contributed by atoms with Crippen LogP contribution in [0.15, 0.2) is 48.5 Å². The molecule has 1 amide bonds. The lowest BCUT2D eigenvalue weighted by Gasteiger charge is -2.19. The SMILES string of the molecule is COc1ccccc1OCC1CC(C(=O)N(C)Cc2nc3ccccc3[nH]2)NN1. The molecule has 1 saturated heterocycles. The summed E-state index contributed by atoms with van der Waals surface area (Å²) in [6, 6.07) is 15.1. The molecule has 1 aliphatic heterocycles. The standard InChI is InChI=1S/C21H25N5O3/c1-26(12-20-22-15-7-3-4-8-16(15)23-20)21(27)17-11-14(24-25-17)13-29-19-10-6-5-9-18(19)28-2/h3-10,14,17,24-25H,11-13H2,1-2H3,(H,22,23). The van der Waals surface area contributed by atoms with Crippen molar-refractivity contribution in [3.8, 4) is 11.5 Å². The van der Waals surface area contributed by atoms with Crippen molar-refractivity contribution in [1.82, 2.24) is 25.7 Å². The van der Waals surface area contributed by atoms with E-state index in [2.05, 4.69) is 20.8 Å². The van der Waals surface area contributed by atoms with Crippen LogP contribution in [0.25, 0.3) is 11.0 Å². The summed E-state index contributed by atoms with van der Waals surface area (Å²) in [5.41, 5.74) is 8.10. The monoisotopic (exact) mass is 395 g/mol. The normalized spacial score (nSPS) is 18.7. The van der Waals surface area contributed by atoms with Crippen molar-refractivity contribution in [3.63, 3.8) is 0 Å². The number of hydrazine groups is 1. The number of H-pyrrole nitrogens is 1. The number of hydrogen-bond donors (Lipinski definition) is 3. The molecule has 1 aromatic heterocycles. The fourth-order valence-corrected chi connectivity index (χ4v) is 3.47. The minimum Gasteiger partial charge on any atom is -0.493 e. The van der Waals surface area contributed by atoms with Crippen LogP contribution in [0.4, 0.5) is 0 Å². The number of nitrogens with zero attached hydrogens (tertiary/aromatic N) is 2. The molecule has 0 aliphatic carbocycles. The average Bonchev–Trinajstić information content (AvgIpc) is 3.38. The number of methoxy groups -OCH3 is 1. The molecule has 29 heavy (non-hydrogen) atoms. The Morgan fingerprint density at radius 2 is 1.90 bits per heavy atom. The fourth-order valence-electron chi connectivity index (χ4n) is 3.47. The van der Waals surface area contributed by atoms with Gasteiger partial charge in [-0.3, -0.25) is 10.2 Å². The van der Waals surface area contributed by atoms with Crippen LogP contribution >= 0.6 is 0 Å². The lowest BCUT2D eigenvalue weighted by molar-refractivity contribution is -0.132. The van der Waals surface area contributed by atoms with Crippen LogP contribution in [0.1, 0.15) is 12.2 Å². The van der Waals surface area contributed by atoms with Crippen LogP contribution in [0.5, 0.6) is 11.5 Å². The summed E-state index contributed by atoms with van der Waals surface area (Å²) < 4.78 is 11.2. The number of rotatable bonds is 7. The van der Waals surface area contributed by atoms with Crippen LogP contribution < -0.4 is 20.3 Å². The van der Waals surface area contributed by atoms with Crippen molar-refractivity contribution < 1.29 is 14.3 Å². The van der Waals surface area contributed by atoms with E-state index in [0.29, 0.717) is 31.1 Å². The molecule has 0 spiro atoms. The number of ether oxygens (including phenoxy) is 2. The van der Waals surface area contributed by atoms with Gasteiger partial charge in [-0.25, -0.2) is 10.4 Å². The van der Waals surface area contributed by atoms with Crippen molar-refractivity contribution >= 4 is 16.9 Å². The van der Waals surface area contributed by atoms with E-state index in [1.807, 2.05) is 48.5 Å². The van der Waals surface area contributed by atoms with Crippen molar-refractivity contribution in [1.29, 1.82) is 0 Å². The lowest BCUT2D eigenvalue weighted by Crippen LogP contribution is -2.44. The van der Waals surface area contributed by atoms with Gasteiger partial charge >= 0.3 is 0 Å². The zero-order valence-corrected chi connectivity index (χ0v) is 16.5. The second kappa shape index (κ2) is 8.50. The topological polar surface area (TPSA) is 91.5 Å². The number of imidazole rings is 1. The molecule has 2 unspecified atom stereocenters. The molecule has 0 saturated carbocycles. The number of aromatic nitrogens is 2. The Kier molecular flexibility index (Phi) is 5.64. The van der Waals surface area contributed by atoms with Crippen LogP contribution in [0, 0.1) is 0 Å². The Balaban J connectivity index is 1.30. The predicted octanol–water partition coefficient (Wildman–Crippen LogP) is 1.84. The number of nitrogens with one attached hydrogen (secondary N) is 3. The summed E-state index contributed by atoms with van der Waals surface area (Å²) in [5.74, 6) is 2.16. The molecular weight excluding hydrogens is 370 g/mol. The van der Waals surface area contributed by atoms with E-state index < -0.39 is 0 Å². The van der Waals surface area contributed by atoms with E-state index in [4.69, 9.17) is 9.47 Å². The first-order valence-corrected chi connectivity index (χ1v) is 9.59. The van der Waals surface area contributed by atoms with E-state index in [1.54, 1.807) is 19.1 Å². The minimum absolute atomic E-state index is 0.0118. The van der Waals surface area contributed by atoms with Gasteiger partial charge in [-0.1, -0.05) is 24.3 Å². The van der Waals surface area contributed by atoms with Crippen molar-refractivity contribution in [2.75, 3.05) is 20.8 Å². The van der Waals surface area contributed by atoms with E-state index >= 15 is 0 Å². The quantitative estimate of drug-likeness (QED) is 0.566. The molecule has 152 valence electrons. The zero-order valence-electron chi connectivity index (χ0n) is 16.5. The molecule has 4 rings (SSSR count). The van der Waals surface area contributed by atoms with Gasteiger partial charge in [-0.15, -0.1) is 0 Å². The first-order valence-electron chi connectivity index (χ1n) is 9.59. The average molecular weight is 395 g/mol. The lowest BCUT2D eigenvalue weighted by atomic mass is 10.1. The number of amides is 1. The molecule has 1 fully saturated rings. The first kappa shape index (κ1) is 19.2. The number of fused-ring (bicyclic) bond motifs is 1. The minimum atomic E-state index is -0.310. The number of benzene rings is 2. The molecule has 2 heterocycles. The predicted molar refractivity (Wildman–Crippen MR) is 110 cm³/mol. The zero-order chi connectivity index (χ0) is 20.2. The van der Waals surface area contributed by atoms with E-state index in [9.17, 15) is 4.79 Å². The molecule has 3 aromatic rings. The van der Waals surface area contributed by atoms with Gasteiger partial charge < -0.3 is 19.4 Å². The van der Waals surface area contributed by atoms with Crippen molar-refractivity contribution in [2.24, 2.45) is 0 Å². The van der Waals surface area contributed by atoms with Crippen molar-refractivity contribution in [3.05, 3.63) is 54.4 Å². The van der Waals surface area contributed by atoms with E-state index in [1.165, 1.54) is 0 Å². The largest absolute Gasteiger partial charge is 0.493 e. The molecule has 0 bridgehead atoms. The number of aromatic amines is 1. The summed E-state index contributed by atoms with van der Waals surface area (Å²) >= 11 is 0. The van der Waals surface area contributed by atoms with Crippen molar-refractivity contribution in [2.45, 2.75) is 25.0 Å². The molecule has 2 atom stereocenters. The van der Waals surface area contributed by atoms with Crippen LogP contribution in [-0.4, -0.2) is 53.6 Å². The molecule has 1 aliphatic rings. The third-order valence-electron chi connectivity index (χ3n) is 4.99. The van der Waals surface area contributed by atoms with Gasteiger partial charge in [0.05, 0.1) is 30.7 Å². The van der Waals surface area contributed by atoms with Gasteiger partial charge in [0, 0.05) is 7.05 Å². The molecule has 0 radical (unpaired) electrons. The van der Waals surface area contributed by atoms with Crippen LogP contribution in [0.3, 0.4) is 0 Å². The third-order valence-corrected chi connectivity index (χ3v) is 4.99. The number of hydrogen-bond acceptors (Lipinski definition) is 6. The highest BCUT2D eigenvalue weighted by molar-refractivity contribution is 5.82. The summed E-state index contributed by atoms with van der Waals surface area (Å²) in [4.78, 5) is 22.3. The maximum Gasteiger partial charge on any atom is 0.241 e. The molecular formula is C21H25N5O3. The van der Waals surface area contributed by atoms with E-state index in [-0.39, 0.29) is 18.0 Å². The number of para-hydroxylation sites is 4. The maximum atomic E-state index is 12.8. The molecule has 2 aromatic carbocycles. The van der Waals surface area contributed by atoms with Crippen LogP contribution in [0.2, 0.25) is 0 Å². The molecule has 3 N–H and O–H groups in total. The second-order valence-electron chi connectivity index (χ2n) is 7.13. The second-order valence-corrected chi connectivity index (χ2v) is 7.13. The Morgan fingerprint density at radius 3 is 2.69 bits per heavy atom. The third kappa shape index (κ3) is 4.33. The fraction of sp³-hybridized carbons (Fsp3) is 0.333. The smallest absolute Gasteiger partial charge is 0.241 e. The Morgan fingerprint density at radius 1 is 1.14 bits per heavy atom.